The van der Waals surface area contributed by atoms with E-state index in [0.717, 1.165) is 77.3 Å². The molecule has 7 heteroatoms. The highest BCUT2D eigenvalue weighted by Gasteiger charge is 2.22. The van der Waals surface area contributed by atoms with Crippen LogP contribution < -0.4 is 0 Å². The minimum atomic E-state index is 0.520. The SMILES string of the molecule is c1cncc(-c2ccc(-c3nc(-c4ccc5c(c4)oc4ccccc45)nc(-c4ccc(-c5cccc6c5sc5ccccc56)c5c4oc4ccccc45)n3)cc2)c1. The van der Waals surface area contributed by atoms with Gasteiger partial charge in [-0.25, -0.2) is 15.0 Å². The minimum Gasteiger partial charge on any atom is -0.456 e. The zero-order chi connectivity index (χ0) is 37.5. The van der Waals surface area contributed by atoms with E-state index in [4.69, 9.17) is 23.8 Å². The van der Waals surface area contributed by atoms with Crippen LogP contribution in [-0.4, -0.2) is 19.9 Å². The number of thiophene rings is 1. The van der Waals surface area contributed by atoms with Gasteiger partial charge in [0.05, 0.1) is 5.56 Å². The molecule has 0 aliphatic carbocycles. The van der Waals surface area contributed by atoms with Crippen LogP contribution in [0.25, 0.3) is 120 Å². The molecule has 0 aliphatic rings. The smallest absolute Gasteiger partial charge is 0.167 e. The molecule has 0 radical (unpaired) electrons. The van der Waals surface area contributed by atoms with E-state index >= 15 is 0 Å². The van der Waals surface area contributed by atoms with E-state index in [1.54, 1.807) is 6.20 Å². The van der Waals surface area contributed by atoms with Crippen LogP contribution in [0.15, 0.2) is 179 Å². The molecule has 0 saturated heterocycles. The zero-order valence-electron chi connectivity index (χ0n) is 30.2. The second kappa shape index (κ2) is 12.5. The molecule has 0 amide bonds. The summed E-state index contributed by atoms with van der Waals surface area (Å²) in [6.45, 7) is 0. The number of fused-ring (bicyclic) bond motifs is 9. The molecule has 0 atom stereocenters. The van der Waals surface area contributed by atoms with Crippen LogP contribution in [0.2, 0.25) is 0 Å². The van der Waals surface area contributed by atoms with Crippen molar-refractivity contribution < 1.29 is 8.83 Å². The van der Waals surface area contributed by atoms with Gasteiger partial charge in [-0.1, -0.05) is 115 Å². The maximum atomic E-state index is 6.80. The molecule has 57 heavy (non-hydrogen) atoms. The quantitative estimate of drug-likeness (QED) is 0.174. The largest absolute Gasteiger partial charge is 0.456 e. The molecule has 5 aromatic heterocycles. The van der Waals surface area contributed by atoms with Crippen LogP contribution >= 0.6 is 11.3 Å². The lowest BCUT2D eigenvalue weighted by Crippen LogP contribution is -2.00. The summed E-state index contributed by atoms with van der Waals surface area (Å²) in [6, 6.07) is 54.3. The Bertz CT molecular complexity index is 3530. The molecule has 0 bridgehead atoms. The molecular formula is C50H28N4O2S. The van der Waals surface area contributed by atoms with E-state index in [1.807, 2.05) is 60.0 Å². The van der Waals surface area contributed by atoms with Gasteiger partial charge in [0.25, 0.3) is 0 Å². The third kappa shape index (κ3) is 5.10. The maximum absolute atomic E-state index is 6.80. The van der Waals surface area contributed by atoms with Crippen molar-refractivity contribution in [3.63, 3.8) is 0 Å². The highest BCUT2D eigenvalue weighted by Crippen LogP contribution is 2.46. The predicted molar refractivity (Wildman–Crippen MR) is 232 cm³/mol. The summed E-state index contributed by atoms with van der Waals surface area (Å²) in [5.74, 6) is 1.62. The summed E-state index contributed by atoms with van der Waals surface area (Å²) in [6.07, 6.45) is 3.65. The van der Waals surface area contributed by atoms with E-state index in [2.05, 4.69) is 120 Å². The number of hydrogen-bond donors (Lipinski definition) is 0. The fraction of sp³-hybridized carbons (Fsp3) is 0. The average molecular weight is 749 g/mol. The van der Waals surface area contributed by atoms with E-state index in [0.29, 0.717) is 17.5 Å². The Balaban J connectivity index is 1.09. The highest BCUT2D eigenvalue weighted by atomic mass is 32.1. The number of aromatic nitrogens is 4. The molecule has 0 saturated carbocycles. The van der Waals surface area contributed by atoms with Crippen molar-refractivity contribution in [2.45, 2.75) is 0 Å². The summed E-state index contributed by atoms with van der Waals surface area (Å²) >= 11 is 1.83. The fourth-order valence-electron chi connectivity index (χ4n) is 8.15. The summed E-state index contributed by atoms with van der Waals surface area (Å²) in [5.41, 5.74) is 10.0. The Morgan fingerprint density at radius 3 is 1.91 bits per heavy atom. The Morgan fingerprint density at radius 1 is 0.404 bits per heavy atom. The average Bonchev–Trinajstić information content (AvgIpc) is 3.98. The molecule has 0 unspecified atom stereocenters. The number of benzene rings is 7. The summed E-state index contributed by atoms with van der Waals surface area (Å²) in [4.78, 5) is 19.8. The van der Waals surface area contributed by atoms with Gasteiger partial charge in [0.2, 0.25) is 0 Å². The van der Waals surface area contributed by atoms with E-state index in [9.17, 15) is 0 Å². The second-order valence-corrected chi connectivity index (χ2v) is 15.2. The Morgan fingerprint density at radius 2 is 1.07 bits per heavy atom. The number of rotatable bonds is 5. The number of para-hydroxylation sites is 2. The van der Waals surface area contributed by atoms with E-state index < -0.39 is 0 Å². The Hall–Kier alpha value is -7.48. The number of pyridine rings is 1. The van der Waals surface area contributed by atoms with Gasteiger partial charge in [-0.2, -0.15) is 0 Å². The normalized spacial score (nSPS) is 11.9. The first-order chi connectivity index (χ1) is 28.2. The first kappa shape index (κ1) is 31.8. The van der Waals surface area contributed by atoms with Crippen LogP contribution in [0.5, 0.6) is 0 Å². The number of nitrogens with zero attached hydrogens (tertiary/aromatic N) is 4. The van der Waals surface area contributed by atoms with Gasteiger partial charge in [-0.15, -0.1) is 11.3 Å². The molecule has 12 rings (SSSR count). The van der Waals surface area contributed by atoms with E-state index in [-0.39, 0.29) is 0 Å². The van der Waals surface area contributed by atoms with Crippen molar-refractivity contribution in [1.29, 1.82) is 0 Å². The van der Waals surface area contributed by atoms with Crippen LogP contribution in [0.1, 0.15) is 0 Å². The molecule has 0 fully saturated rings. The van der Waals surface area contributed by atoms with Crippen molar-refractivity contribution in [2.75, 3.05) is 0 Å². The Kier molecular flexibility index (Phi) is 7.00. The van der Waals surface area contributed by atoms with Crippen LogP contribution in [0.3, 0.4) is 0 Å². The number of furan rings is 2. The molecule has 0 aliphatic heterocycles. The van der Waals surface area contributed by atoms with Crippen LogP contribution in [-0.2, 0) is 0 Å². The fourth-order valence-corrected chi connectivity index (χ4v) is 9.38. The van der Waals surface area contributed by atoms with Gasteiger partial charge in [0.15, 0.2) is 17.5 Å². The molecule has 266 valence electrons. The van der Waals surface area contributed by atoms with Crippen molar-refractivity contribution in [1.82, 2.24) is 19.9 Å². The predicted octanol–water partition coefficient (Wildman–Crippen LogP) is 13.8. The third-order valence-corrected chi connectivity index (χ3v) is 12.1. The van der Waals surface area contributed by atoms with Gasteiger partial charge >= 0.3 is 0 Å². The van der Waals surface area contributed by atoms with Gasteiger partial charge in [-0.05, 0) is 59.2 Å². The molecule has 0 spiro atoms. The lowest BCUT2D eigenvalue weighted by Gasteiger charge is -2.11. The maximum Gasteiger partial charge on any atom is 0.167 e. The third-order valence-electron chi connectivity index (χ3n) is 10.9. The molecule has 0 N–H and O–H groups in total. The lowest BCUT2D eigenvalue weighted by molar-refractivity contribution is 0.668. The summed E-state index contributed by atoms with van der Waals surface area (Å²) in [5, 5.41) is 6.70. The molecule has 5 heterocycles. The summed E-state index contributed by atoms with van der Waals surface area (Å²) < 4.78 is 15.6. The monoisotopic (exact) mass is 748 g/mol. The number of hydrogen-bond acceptors (Lipinski definition) is 7. The van der Waals surface area contributed by atoms with Crippen molar-refractivity contribution >= 4 is 75.4 Å². The van der Waals surface area contributed by atoms with Crippen LogP contribution in [0.4, 0.5) is 0 Å². The molecule has 12 aromatic rings. The van der Waals surface area contributed by atoms with Gasteiger partial charge < -0.3 is 8.83 Å². The molecular weight excluding hydrogens is 721 g/mol. The van der Waals surface area contributed by atoms with Crippen molar-refractivity contribution in [3.8, 4) is 56.4 Å². The Labute approximate surface area is 329 Å². The standard InChI is InChI=1S/C50H28N4O2S/c1-4-15-41-33(10-1)34-23-22-31(27-43(34)55-41)49-52-48(30-20-18-29(19-21-30)32-9-8-26-51-28-32)53-50(54-49)40-25-24-36(45-39-12-2-5-16-42(39)56-46(40)45)38-14-7-13-37-35-11-3-6-17-44(35)57-47(37)38/h1-28H. The van der Waals surface area contributed by atoms with E-state index in [1.165, 1.54) is 25.7 Å². The lowest BCUT2D eigenvalue weighted by atomic mass is 9.95. The van der Waals surface area contributed by atoms with Crippen molar-refractivity contribution in [2.24, 2.45) is 0 Å². The first-order valence-electron chi connectivity index (χ1n) is 18.8. The first-order valence-corrected chi connectivity index (χ1v) is 19.6. The van der Waals surface area contributed by atoms with Gasteiger partial charge in [-0.3, -0.25) is 4.98 Å². The highest BCUT2D eigenvalue weighted by molar-refractivity contribution is 7.26. The van der Waals surface area contributed by atoms with Gasteiger partial charge in [0.1, 0.15) is 22.3 Å². The van der Waals surface area contributed by atoms with Crippen LogP contribution in [0, 0.1) is 0 Å². The zero-order valence-corrected chi connectivity index (χ0v) is 31.0. The molecule has 6 nitrogen and oxygen atoms in total. The molecule has 7 aromatic carbocycles. The minimum absolute atomic E-state index is 0.520. The van der Waals surface area contributed by atoms with Gasteiger partial charge in [0, 0.05) is 70.8 Å². The van der Waals surface area contributed by atoms with Crippen molar-refractivity contribution in [3.05, 3.63) is 170 Å². The topological polar surface area (TPSA) is 77.8 Å². The summed E-state index contributed by atoms with van der Waals surface area (Å²) in [7, 11) is 0. The second-order valence-electron chi connectivity index (χ2n) is 14.2.